The molecule has 0 radical (unpaired) electrons. The number of carbonyl (C=O) groups is 2. The van der Waals surface area contributed by atoms with Crippen LogP contribution in [0.3, 0.4) is 0 Å². The zero-order chi connectivity index (χ0) is 15.0. The monoisotopic (exact) mass is 319 g/mol. The van der Waals surface area contributed by atoms with Crippen molar-refractivity contribution in [3.05, 3.63) is 30.1 Å². The standard InChI is InChI=1S/C13H12Cl2FNO3/c1-12(7-13(12,14)15)11(19)20-6-10(18)17-9-4-2-3-8(16)5-9/h2-5H,6-7H2,1H3,(H,17,18). The molecule has 108 valence electrons. The fraction of sp³-hybridized carbons (Fsp3) is 0.385. The van der Waals surface area contributed by atoms with Gasteiger partial charge in [0.1, 0.15) is 15.6 Å². The lowest BCUT2D eigenvalue weighted by Gasteiger charge is -2.11. The fourth-order valence-corrected chi connectivity index (χ4v) is 2.36. The normalized spacial score (nSPS) is 23.0. The summed E-state index contributed by atoms with van der Waals surface area (Å²) in [7, 11) is 0. The van der Waals surface area contributed by atoms with E-state index in [-0.39, 0.29) is 12.1 Å². The van der Waals surface area contributed by atoms with Crippen LogP contribution in [0.4, 0.5) is 10.1 Å². The number of halogens is 3. The Labute approximate surface area is 125 Å². The lowest BCUT2D eigenvalue weighted by atomic mass is 10.1. The number of esters is 1. The number of anilines is 1. The van der Waals surface area contributed by atoms with Gasteiger partial charge in [-0.2, -0.15) is 0 Å². The Morgan fingerprint density at radius 2 is 2.10 bits per heavy atom. The second-order valence-corrected chi connectivity index (χ2v) is 6.33. The summed E-state index contributed by atoms with van der Waals surface area (Å²) in [6.07, 6.45) is 0.285. The Hall–Kier alpha value is -1.33. The van der Waals surface area contributed by atoms with Gasteiger partial charge in [0.15, 0.2) is 6.61 Å². The molecule has 1 aliphatic rings. The molecule has 1 aromatic carbocycles. The zero-order valence-electron chi connectivity index (χ0n) is 10.6. The van der Waals surface area contributed by atoms with E-state index in [1.54, 1.807) is 6.92 Å². The van der Waals surface area contributed by atoms with Crippen LogP contribution in [-0.4, -0.2) is 22.8 Å². The van der Waals surface area contributed by atoms with Gasteiger partial charge in [-0.3, -0.25) is 9.59 Å². The highest BCUT2D eigenvalue weighted by Crippen LogP contribution is 2.64. The van der Waals surface area contributed by atoms with Gasteiger partial charge in [-0.05, 0) is 25.1 Å². The lowest BCUT2D eigenvalue weighted by molar-refractivity contribution is -0.152. The van der Waals surface area contributed by atoms with Crippen molar-refractivity contribution in [3.8, 4) is 0 Å². The first-order valence-corrected chi connectivity index (χ1v) is 6.61. The largest absolute Gasteiger partial charge is 0.455 e. The first kappa shape index (κ1) is 15.1. The van der Waals surface area contributed by atoms with Crippen LogP contribution in [0.2, 0.25) is 0 Å². The SMILES string of the molecule is CC1(C(=O)OCC(=O)Nc2cccc(F)c2)CC1(Cl)Cl. The van der Waals surface area contributed by atoms with Crippen molar-refractivity contribution in [2.75, 3.05) is 11.9 Å². The number of benzene rings is 1. The number of nitrogens with one attached hydrogen (secondary N) is 1. The molecule has 0 bridgehead atoms. The predicted molar refractivity (Wildman–Crippen MR) is 73.1 cm³/mol. The van der Waals surface area contributed by atoms with Gasteiger partial charge in [-0.1, -0.05) is 6.07 Å². The van der Waals surface area contributed by atoms with E-state index in [1.165, 1.54) is 18.2 Å². The maximum Gasteiger partial charge on any atom is 0.315 e. The molecule has 1 unspecified atom stereocenters. The van der Waals surface area contributed by atoms with E-state index in [9.17, 15) is 14.0 Å². The van der Waals surface area contributed by atoms with Gasteiger partial charge in [0, 0.05) is 12.1 Å². The maximum atomic E-state index is 12.9. The summed E-state index contributed by atoms with van der Waals surface area (Å²) in [5.74, 6) is -1.67. The van der Waals surface area contributed by atoms with Crippen LogP contribution in [-0.2, 0) is 14.3 Å². The molecule has 0 heterocycles. The fourth-order valence-electron chi connectivity index (χ4n) is 1.68. The second kappa shape index (κ2) is 5.22. The van der Waals surface area contributed by atoms with Crippen LogP contribution in [0.25, 0.3) is 0 Å². The van der Waals surface area contributed by atoms with E-state index in [1.807, 2.05) is 0 Å². The second-order valence-electron chi connectivity index (χ2n) is 4.85. The highest BCUT2D eigenvalue weighted by atomic mass is 35.5. The van der Waals surface area contributed by atoms with Gasteiger partial charge in [0.25, 0.3) is 5.91 Å². The molecule has 1 N–H and O–H groups in total. The number of ether oxygens (including phenoxy) is 1. The van der Waals surface area contributed by atoms with Crippen LogP contribution in [0.1, 0.15) is 13.3 Å². The van der Waals surface area contributed by atoms with E-state index < -0.39 is 34.0 Å². The van der Waals surface area contributed by atoms with Crippen LogP contribution >= 0.6 is 23.2 Å². The van der Waals surface area contributed by atoms with Crippen molar-refractivity contribution >= 4 is 40.8 Å². The number of rotatable bonds is 4. The minimum absolute atomic E-state index is 0.285. The molecule has 4 nitrogen and oxygen atoms in total. The minimum Gasteiger partial charge on any atom is -0.455 e. The van der Waals surface area contributed by atoms with Crippen LogP contribution in [0, 0.1) is 11.2 Å². The highest BCUT2D eigenvalue weighted by Gasteiger charge is 2.69. The molecule has 0 aliphatic heterocycles. The van der Waals surface area contributed by atoms with Crippen molar-refractivity contribution in [3.63, 3.8) is 0 Å². The van der Waals surface area contributed by atoms with Crippen molar-refractivity contribution in [2.45, 2.75) is 17.7 Å². The van der Waals surface area contributed by atoms with Gasteiger partial charge in [-0.15, -0.1) is 23.2 Å². The van der Waals surface area contributed by atoms with Crippen LogP contribution in [0.15, 0.2) is 24.3 Å². The summed E-state index contributed by atoms with van der Waals surface area (Å²) < 4.78 is 16.6. The summed E-state index contributed by atoms with van der Waals surface area (Å²) >= 11 is 11.7. The smallest absolute Gasteiger partial charge is 0.315 e. The molecule has 1 aliphatic carbocycles. The number of alkyl halides is 2. The molecular weight excluding hydrogens is 308 g/mol. The topological polar surface area (TPSA) is 55.4 Å². The molecule has 0 spiro atoms. The Balaban J connectivity index is 1.83. The third-order valence-electron chi connectivity index (χ3n) is 3.15. The van der Waals surface area contributed by atoms with Gasteiger partial charge in [0.05, 0.1) is 0 Å². The number of hydrogen-bond acceptors (Lipinski definition) is 3. The molecule has 1 saturated carbocycles. The number of amides is 1. The molecule has 0 aromatic heterocycles. The van der Waals surface area contributed by atoms with Crippen LogP contribution in [0.5, 0.6) is 0 Å². The Bertz CT molecular complexity index is 564. The lowest BCUT2D eigenvalue weighted by Crippen LogP contribution is -2.26. The van der Waals surface area contributed by atoms with Crippen molar-refractivity contribution in [1.82, 2.24) is 0 Å². The van der Waals surface area contributed by atoms with Gasteiger partial charge >= 0.3 is 5.97 Å². The average molecular weight is 320 g/mol. The maximum absolute atomic E-state index is 12.9. The summed E-state index contributed by atoms with van der Waals surface area (Å²) in [6.45, 7) is 1.09. The number of carbonyl (C=O) groups excluding carboxylic acids is 2. The van der Waals surface area contributed by atoms with Crippen molar-refractivity contribution in [1.29, 1.82) is 0 Å². The van der Waals surface area contributed by atoms with Crippen molar-refractivity contribution < 1.29 is 18.7 Å². The Kier molecular flexibility index (Phi) is 3.93. The molecule has 7 heteroatoms. The van der Waals surface area contributed by atoms with Gasteiger partial charge in [-0.25, -0.2) is 4.39 Å². The van der Waals surface area contributed by atoms with Crippen LogP contribution < -0.4 is 5.32 Å². The molecule has 1 aromatic rings. The predicted octanol–water partition coefficient (Wildman–Crippen LogP) is 2.89. The average Bonchev–Trinajstić information content (AvgIpc) is 2.87. The third kappa shape index (κ3) is 3.04. The van der Waals surface area contributed by atoms with Crippen molar-refractivity contribution in [2.24, 2.45) is 5.41 Å². The zero-order valence-corrected chi connectivity index (χ0v) is 12.1. The third-order valence-corrected chi connectivity index (χ3v) is 4.25. The summed E-state index contributed by atoms with van der Waals surface area (Å²) in [4.78, 5) is 23.3. The van der Waals surface area contributed by atoms with E-state index in [2.05, 4.69) is 5.32 Å². The number of hydrogen-bond donors (Lipinski definition) is 1. The molecule has 1 atom stereocenters. The molecular formula is C13H12Cl2FNO3. The highest BCUT2D eigenvalue weighted by molar-refractivity contribution is 6.53. The first-order valence-electron chi connectivity index (χ1n) is 5.85. The molecule has 2 rings (SSSR count). The summed E-state index contributed by atoms with van der Waals surface area (Å²) in [5, 5.41) is 2.41. The molecule has 1 amide bonds. The quantitative estimate of drug-likeness (QED) is 0.685. The van der Waals surface area contributed by atoms with Gasteiger partial charge < -0.3 is 10.1 Å². The molecule has 1 fully saturated rings. The molecule has 0 saturated heterocycles. The van der Waals surface area contributed by atoms with E-state index in [4.69, 9.17) is 27.9 Å². The Morgan fingerprint density at radius 3 is 2.65 bits per heavy atom. The van der Waals surface area contributed by atoms with E-state index in [0.717, 1.165) is 6.07 Å². The first-order chi connectivity index (χ1) is 9.24. The van der Waals surface area contributed by atoms with E-state index in [0.29, 0.717) is 0 Å². The summed E-state index contributed by atoms with van der Waals surface area (Å²) in [5.41, 5.74) is -0.692. The van der Waals surface area contributed by atoms with Gasteiger partial charge in [0.2, 0.25) is 0 Å². The molecule has 20 heavy (non-hydrogen) atoms. The summed E-state index contributed by atoms with van der Waals surface area (Å²) in [6, 6.07) is 5.39. The van der Waals surface area contributed by atoms with E-state index >= 15 is 0 Å². The minimum atomic E-state index is -1.14. The Morgan fingerprint density at radius 1 is 1.45 bits per heavy atom.